The van der Waals surface area contributed by atoms with Crippen LogP contribution in [0, 0.1) is 5.41 Å². The van der Waals surface area contributed by atoms with Crippen LogP contribution in [0.4, 0.5) is 0 Å². The van der Waals surface area contributed by atoms with Gasteiger partial charge < -0.3 is 17.7 Å². The van der Waals surface area contributed by atoms with Crippen LogP contribution in [-0.4, -0.2) is 51.0 Å². The molecule has 0 bridgehead atoms. The van der Waals surface area contributed by atoms with Crippen molar-refractivity contribution in [1.82, 2.24) is 0 Å². The van der Waals surface area contributed by atoms with Crippen molar-refractivity contribution >= 4 is 45.0 Å². The summed E-state index contributed by atoms with van der Waals surface area (Å²) in [5.74, 6) is -1.87. The van der Waals surface area contributed by atoms with E-state index < -0.39 is 35.4 Å². The van der Waals surface area contributed by atoms with E-state index in [9.17, 15) is 4.79 Å². The van der Waals surface area contributed by atoms with Crippen LogP contribution in [0.25, 0.3) is 0 Å². The molecule has 0 aromatic rings. The van der Waals surface area contributed by atoms with E-state index in [-0.39, 0.29) is 5.04 Å². The molecule has 0 spiro atoms. The fourth-order valence-electron chi connectivity index (χ4n) is 2.01. The largest absolute Gasteiger partial charge is 0.460 e. The van der Waals surface area contributed by atoms with E-state index in [1.54, 1.807) is 6.92 Å². The van der Waals surface area contributed by atoms with Gasteiger partial charge in [0.15, 0.2) is 39.1 Å². The average Bonchev–Trinajstić information content (AvgIpc) is 2.41. The molecular formula is C14H34O5Si4. The van der Waals surface area contributed by atoms with Crippen LogP contribution in [0.15, 0.2) is 12.2 Å². The number of hydrogen-bond donors (Lipinski definition) is 0. The summed E-state index contributed by atoms with van der Waals surface area (Å²) in [4.78, 5) is 12.1. The Morgan fingerprint density at radius 2 is 1.52 bits per heavy atom. The molecule has 0 aromatic heterocycles. The lowest BCUT2D eigenvalue weighted by atomic mass is 9.77. The molecule has 0 aromatic carbocycles. The van der Waals surface area contributed by atoms with Gasteiger partial charge in [0.25, 0.3) is 0 Å². The summed E-state index contributed by atoms with van der Waals surface area (Å²) >= 11 is 0. The standard InChI is InChI=1S/C14H34O5Si4/c1-10(2)11(15)16-14(17-20,18-21)12(3,4)13(5,6)22-19-23(7,8)9/h1,22H2,2-9,20-21H3. The van der Waals surface area contributed by atoms with E-state index in [4.69, 9.17) is 17.7 Å². The maximum Gasteiger partial charge on any atom is 0.337 e. The van der Waals surface area contributed by atoms with Crippen LogP contribution in [0.2, 0.25) is 24.7 Å². The number of hydrogen-bond acceptors (Lipinski definition) is 5. The van der Waals surface area contributed by atoms with Crippen molar-refractivity contribution in [1.29, 1.82) is 0 Å². The summed E-state index contributed by atoms with van der Waals surface area (Å²) in [6.07, 6.45) is 0. The van der Waals surface area contributed by atoms with Crippen LogP contribution in [0.1, 0.15) is 34.6 Å². The molecule has 0 saturated carbocycles. The van der Waals surface area contributed by atoms with E-state index in [0.29, 0.717) is 26.5 Å². The van der Waals surface area contributed by atoms with Crippen molar-refractivity contribution in [3.63, 3.8) is 0 Å². The molecule has 0 aliphatic heterocycles. The Kier molecular flexibility index (Phi) is 7.88. The van der Waals surface area contributed by atoms with E-state index in [2.05, 4.69) is 40.1 Å². The minimum Gasteiger partial charge on any atom is -0.460 e. The van der Waals surface area contributed by atoms with Crippen LogP contribution in [0.5, 0.6) is 0 Å². The van der Waals surface area contributed by atoms with E-state index >= 15 is 0 Å². The molecule has 0 saturated heterocycles. The lowest BCUT2D eigenvalue weighted by Crippen LogP contribution is -2.58. The number of ether oxygens (including phenoxy) is 1. The first-order chi connectivity index (χ1) is 10.2. The number of carbonyl (C=O) groups excluding carboxylic acids is 1. The van der Waals surface area contributed by atoms with Gasteiger partial charge in [-0.2, -0.15) is 0 Å². The molecule has 0 atom stereocenters. The topological polar surface area (TPSA) is 54.0 Å². The third-order valence-corrected chi connectivity index (χ3v) is 11.2. The highest BCUT2D eigenvalue weighted by atomic mass is 28.4. The van der Waals surface area contributed by atoms with Gasteiger partial charge in [-0.3, -0.25) is 0 Å². The Balaban J connectivity index is 5.65. The van der Waals surface area contributed by atoms with E-state index in [1.807, 2.05) is 13.8 Å². The van der Waals surface area contributed by atoms with Gasteiger partial charge in [0.2, 0.25) is 0 Å². The van der Waals surface area contributed by atoms with E-state index in [1.165, 1.54) is 0 Å². The summed E-state index contributed by atoms with van der Waals surface area (Å²) in [5, 5.41) is -0.197. The molecule has 0 aliphatic rings. The van der Waals surface area contributed by atoms with Crippen LogP contribution in [-0.2, 0) is 22.5 Å². The second-order valence-electron chi connectivity index (χ2n) is 8.04. The molecule has 5 nitrogen and oxygen atoms in total. The van der Waals surface area contributed by atoms with Gasteiger partial charge in [-0.15, -0.1) is 0 Å². The van der Waals surface area contributed by atoms with Gasteiger partial charge in [0.1, 0.15) is 0 Å². The van der Waals surface area contributed by atoms with Crippen LogP contribution < -0.4 is 0 Å². The lowest BCUT2D eigenvalue weighted by Gasteiger charge is -2.51. The third kappa shape index (κ3) is 5.48. The first kappa shape index (κ1) is 23.0. The molecule has 9 heteroatoms. The summed E-state index contributed by atoms with van der Waals surface area (Å²) in [6.45, 7) is 20.2. The molecule has 0 unspecified atom stereocenters. The Labute approximate surface area is 150 Å². The maximum absolute atomic E-state index is 12.1. The highest BCUT2D eigenvalue weighted by molar-refractivity contribution is 6.74. The van der Waals surface area contributed by atoms with Gasteiger partial charge in [0, 0.05) is 5.57 Å². The monoisotopic (exact) mass is 394 g/mol. The van der Waals surface area contributed by atoms with Gasteiger partial charge >= 0.3 is 11.9 Å². The zero-order valence-corrected chi connectivity index (χ0v) is 22.9. The second-order valence-corrected chi connectivity index (χ2v) is 16.3. The first-order valence-electron chi connectivity index (χ1n) is 7.79. The molecule has 0 aliphatic carbocycles. The minimum atomic E-state index is -1.60. The predicted molar refractivity (Wildman–Crippen MR) is 106 cm³/mol. The van der Waals surface area contributed by atoms with Gasteiger partial charge in [-0.25, -0.2) is 4.79 Å². The molecule has 0 N–H and O–H groups in total. The molecule has 0 amide bonds. The Morgan fingerprint density at radius 1 is 1.09 bits per heavy atom. The van der Waals surface area contributed by atoms with Crippen molar-refractivity contribution in [3.05, 3.63) is 12.2 Å². The van der Waals surface area contributed by atoms with Crippen molar-refractivity contribution in [2.75, 3.05) is 0 Å². The fourth-order valence-corrected chi connectivity index (χ4v) is 7.61. The summed E-state index contributed by atoms with van der Waals surface area (Å²) in [5.41, 5.74) is -0.225. The Morgan fingerprint density at radius 3 is 1.83 bits per heavy atom. The minimum absolute atomic E-state index is 0.197. The van der Waals surface area contributed by atoms with Gasteiger partial charge in [-0.1, -0.05) is 34.3 Å². The van der Waals surface area contributed by atoms with E-state index in [0.717, 1.165) is 0 Å². The predicted octanol–water partition coefficient (Wildman–Crippen LogP) is 0.513. The van der Waals surface area contributed by atoms with Crippen LogP contribution >= 0.6 is 0 Å². The quantitative estimate of drug-likeness (QED) is 0.247. The normalized spacial score (nSPS) is 16.7. The SMILES string of the molecule is C=C(C)C(=O)OC(O[SiH3])(O[SiH3])C(C)(C)C(C)(C)[SiH2]O[Si](C)(C)C. The molecule has 136 valence electrons. The highest BCUT2D eigenvalue weighted by Crippen LogP contribution is 2.53. The molecule has 0 heterocycles. The Hall–Kier alpha value is -0.0425. The van der Waals surface area contributed by atoms with Crippen molar-refractivity contribution in [2.45, 2.75) is 65.3 Å². The third-order valence-electron chi connectivity index (χ3n) is 4.44. The smallest absolute Gasteiger partial charge is 0.337 e. The molecule has 23 heavy (non-hydrogen) atoms. The highest BCUT2D eigenvalue weighted by Gasteiger charge is 2.58. The molecule has 0 radical (unpaired) electrons. The zero-order chi connectivity index (χ0) is 18.7. The second kappa shape index (κ2) is 7.89. The van der Waals surface area contributed by atoms with Crippen LogP contribution in [0.3, 0.4) is 0 Å². The first-order valence-corrected chi connectivity index (χ1v) is 14.1. The summed E-state index contributed by atoms with van der Waals surface area (Å²) < 4.78 is 23.4. The Bertz CT molecular complexity index is 439. The number of carbonyl (C=O) groups is 1. The molecule has 0 fully saturated rings. The maximum atomic E-state index is 12.1. The summed E-state index contributed by atoms with van der Waals surface area (Å²) in [7, 11) is -1.72. The van der Waals surface area contributed by atoms with Gasteiger partial charge in [-0.05, 0) is 31.6 Å². The number of esters is 1. The number of rotatable bonds is 9. The van der Waals surface area contributed by atoms with Crippen molar-refractivity contribution < 1.29 is 22.5 Å². The summed E-state index contributed by atoms with van der Waals surface area (Å²) in [6, 6.07) is 0. The lowest BCUT2D eigenvalue weighted by molar-refractivity contribution is -0.341. The zero-order valence-electron chi connectivity index (χ0n) is 16.5. The fraction of sp³-hybridized carbons (Fsp3) is 0.786. The van der Waals surface area contributed by atoms with Crippen molar-refractivity contribution in [3.8, 4) is 0 Å². The molecule has 0 rings (SSSR count). The average molecular weight is 395 g/mol. The van der Waals surface area contributed by atoms with Crippen molar-refractivity contribution in [2.24, 2.45) is 5.41 Å². The molecular weight excluding hydrogens is 360 g/mol. The van der Waals surface area contributed by atoms with Gasteiger partial charge in [0.05, 0.1) is 5.41 Å².